The molecule has 110 valence electrons. The highest BCUT2D eigenvalue weighted by atomic mass is 79.9. The Bertz CT molecular complexity index is 674. The lowest BCUT2D eigenvalue weighted by Crippen LogP contribution is -2.05. The first-order valence-electron chi connectivity index (χ1n) is 6.38. The quantitative estimate of drug-likeness (QED) is 0.648. The monoisotopic (exact) mass is 350 g/mol. The van der Waals surface area contributed by atoms with Crippen LogP contribution in [-0.4, -0.2) is 12.0 Å². The Kier molecular flexibility index (Phi) is 4.93. The molecule has 2 aromatic rings. The molecule has 0 saturated carbocycles. The number of benzene rings is 2. The molecule has 1 N–H and O–H groups in total. The zero-order chi connectivity index (χ0) is 15.4. The highest BCUT2D eigenvalue weighted by Crippen LogP contribution is 2.38. The largest absolute Gasteiger partial charge is 0.449 e. The molecule has 0 aromatic heterocycles. The average Bonchev–Trinajstić information content (AvgIpc) is 2.43. The van der Waals surface area contributed by atoms with Gasteiger partial charge in [0.15, 0.2) is 0 Å². The van der Waals surface area contributed by atoms with Gasteiger partial charge < -0.3 is 10.1 Å². The van der Waals surface area contributed by atoms with Crippen molar-refractivity contribution in [3.8, 4) is 11.5 Å². The van der Waals surface area contributed by atoms with Gasteiger partial charge in [0.25, 0.3) is 0 Å². The van der Waals surface area contributed by atoms with Crippen molar-refractivity contribution in [3.05, 3.63) is 62.1 Å². The summed E-state index contributed by atoms with van der Waals surface area (Å²) < 4.78 is 6.31. The van der Waals surface area contributed by atoms with E-state index < -0.39 is 4.92 Å². The van der Waals surface area contributed by atoms with Gasteiger partial charge in [-0.3, -0.25) is 10.1 Å². The maximum absolute atomic E-state index is 11.1. The molecular formula is C15H15BrN2O3. The van der Waals surface area contributed by atoms with Crippen LogP contribution in [0, 0.1) is 17.0 Å². The number of hydrogen-bond acceptors (Lipinski definition) is 4. The Labute approximate surface area is 131 Å². The summed E-state index contributed by atoms with van der Waals surface area (Å²) in [5.41, 5.74) is 1.99. The zero-order valence-electron chi connectivity index (χ0n) is 11.7. The molecule has 0 aliphatic heterocycles. The van der Waals surface area contributed by atoms with Crippen molar-refractivity contribution in [1.29, 1.82) is 0 Å². The van der Waals surface area contributed by atoms with Crippen LogP contribution in [0.5, 0.6) is 11.5 Å². The van der Waals surface area contributed by atoms with E-state index in [9.17, 15) is 10.1 Å². The first-order chi connectivity index (χ1) is 10.0. The fourth-order valence-electron chi connectivity index (χ4n) is 1.99. The van der Waals surface area contributed by atoms with Crippen LogP contribution < -0.4 is 10.1 Å². The van der Waals surface area contributed by atoms with E-state index in [2.05, 4.69) is 21.2 Å². The van der Waals surface area contributed by atoms with Crippen LogP contribution in [-0.2, 0) is 6.54 Å². The van der Waals surface area contributed by atoms with Crippen LogP contribution in [0.2, 0.25) is 0 Å². The molecule has 0 heterocycles. The molecule has 0 amide bonds. The lowest BCUT2D eigenvalue weighted by molar-refractivity contribution is -0.385. The predicted molar refractivity (Wildman–Crippen MR) is 84.8 cm³/mol. The van der Waals surface area contributed by atoms with Gasteiger partial charge in [-0.2, -0.15) is 0 Å². The van der Waals surface area contributed by atoms with Gasteiger partial charge >= 0.3 is 5.69 Å². The second-order valence-corrected chi connectivity index (χ2v) is 5.43. The van der Waals surface area contributed by atoms with Gasteiger partial charge in [0, 0.05) is 12.6 Å². The molecule has 0 spiro atoms. The highest BCUT2D eigenvalue weighted by molar-refractivity contribution is 9.10. The molecule has 0 radical (unpaired) electrons. The SMILES string of the molecule is CNCc1ccc(Oc2c(Br)cccc2[N+](=O)[O-])c(C)c1. The topological polar surface area (TPSA) is 64.4 Å². The number of nitro benzene ring substituents is 1. The highest BCUT2D eigenvalue weighted by Gasteiger charge is 2.19. The average molecular weight is 351 g/mol. The first kappa shape index (κ1) is 15.5. The second-order valence-electron chi connectivity index (χ2n) is 4.58. The molecule has 0 saturated heterocycles. The molecule has 2 rings (SSSR count). The smallest absolute Gasteiger partial charge is 0.312 e. The first-order valence-corrected chi connectivity index (χ1v) is 7.17. The summed E-state index contributed by atoms with van der Waals surface area (Å²) in [6, 6.07) is 10.5. The molecule has 6 heteroatoms. The summed E-state index contributed by atoms with van der Waals surface area (Å²) in [5.74, 6) is 0.816. The third kappa shape index (κ3) is 3.59. The van der Waals surface area contributed by atoms with E-state index in [0.717, 1.165) is 17.7 Å². The van der Waals surface area contributed by atoms with Crippen molar-refractivity contribution in [2.75, 3.05) is 7.05 Å². The maximum atomic E-state index is 11.1. The Morgan fingerprint density at radius 3 is 2.71 bits per heavy atom. The van der Waals surface area contributed by atoms with Crippen LogP contribution in [0.25, 0.3) is 0 Å². The molecule has 2 aromatic carbocycles. The fourth-order valence-corrected chi connectivity index (χ4v) is 2.43. The van der Waals surface area contributed by atoms with Gasteiger partial charge in [-0.15, -0.1) is 0 Å². The molecular weight excluding hydrogens is 336 g/mol. The molecule has 21 heavy (non-hydrogen) atoms. The van der Waals surface area contributed by atoms with E-state index >= 15 is 0 Å². The van der Waals surface area contributed by atoms with Crippen LogP contribution in [0.15, 0.2) is 40.9 Å². The van der Waals surface area contributed by atoms with E-state index in [0.29, 0.717) is 10.2 Å². The number of aryl methyl sites for hydroxylation is 1. The van der Waals surface area contributed by atoms with Gasteiger partial charge in [0.05, 0.1) is 9.40 Å². The van der Waals surface area contributed by atoms with Gasteiger partial charge in [0.1, 0.15) is 5.75 Å². The normalized spacial score (nSPS) is 10.4. The van der Waals surface area contributed by atoms with Crippen LogP contribution in [0.1, 0.15) is 11.1 Å². The number of nitro groups is 1. The van der Waals surface area contributed by atoms with Crippen LogP contribution in [0.4, 0.5) is 5.69 Å². The summed E-state index contributed by atoms with van der Waals surface area (Å²) in [5, 5.41) is 14.2. The number of nitrogens with zero attached hydrogens (tertiary/aromatic N) is 1. The Morgan fingerprint density at radius 2 is 2.10 bits per heavy atom. The molecule has 0 aliphatic carbocycles. The zero-order valence-corrected chi connectivity index (χ0v) is 13.3. The fraction of sp³-hybridized carbons (Fsp3) is 0.200. The van der Waals surface area contributed by atoms with E-state index in [1.165, 1.54) is 6.07 Å². The Hall–Kier alpha value is -1.92. The van der Waals surface area contributed by atoms with Crippen molar-refractivity contribution in [1.82, 2.24) is 5.32 Å². The summed E-state index contributed by atoms with van der Waals surface area (Å²) in [7, 11) is 1.88. The van der Waals surface area contributed by atoms with E-state index in [-0.39, 0.29) is 11.4 Å². The third-order valence-electron chi connectivity index (χ3n) is 2.98. The molecule has 0 unspecified atom stereocenters. The Balaban J connectivity index is 2.37. The Morgan fingerprint density at radius 1 is 1.33 bits per heavy atom. The standard InChI is InChI=1S/C15H15BrN2O3/c1-10-8-11(9-17-2)6-7-14(10)21-15-12(16)4-3-5-13(15)18(19)20/h3-8,17H,9H2,1-2H3. The molecule has 0 atom stereocenters. The summed E-state index contributed by atoms with van der Waals surface area (Å²) in [6.07, 6.45) is 0. The summed E-state index contributed by atoms with van der Waals surface area (Å²) in [4.78, 5) is 10.6. The lowest BCUT2D eigenvalue weighted by atomic mass is 10.1. The summed E-state index contributed by atoms with van der Waals surface area (Å²) in [6.45, 7) is 2.67. The minimum Gasteiger partial charge on any atom is -0.449 e. The van der Waals surface area contributed by atoms with Crippen molar-refractivity contribution in [3.63, 3.8) is 0 Å². The van der Waals surface area contributed by atoms with Crippen molar-refractivity contribution >= 4 is 21.6 Å². The molecule has 0 fully saturated rings. The number of hydrogen-bond donors (Lipinski definition) is 1. The van der Waals surface area contributed by atoms with Gasteiger partial charge in [-0.1, -0.05) is 18.2 Å². The molecule has 5 nitrogen and oxygen atoms in total. The number of ether oxygens (including phenoxy) is 1. The van der Waals surface area contributed by atoms with Gasteiger partial charge in [-0.25, -0.2) is 0 Å². The number of rotatable bonds is 5. The van der Waals surface area contributed by atoms with Crippen molar-refractivity contribution in [2.45, 2.75) is 13.5 Å². The van der Waals surface area contributed by atoms with E-state index in [1.54, 1.807) is 12.1 Å². The van der Waals surface area contributed by atoms with Crippen LogP contribution in [0.3, 0.4) is 0 Å². The molecule has 0 bridgehead atoms. The minimum absolute atomic E-state index is 0.0666. The minimum atomic E-state index is -0.454. The van der Waals surface area contributed by atoms with E-state index in [4.69, 9.17) is 4.74 Å². The number of para-hydroxylation sites is 1. The van der Waals surface area contributed by atoms with Gasteiger partial charge in [0.2, 0.25) is 5.75 Å². The summed E-state index contributed by atoms with van der Waals surface area (Å²) >= 11 is 3.30. The number of halogens is 1. The third-order valence-corrected chi connectivity index (χ3v) is 3.60. The van der Waals surface area contributed by atoms with Crippen molar-refractivity contribution < 1.29 is 9.66 Å². The lowest BCUT2D eigenvalue weighted by Gasteiger charge is -2.11. The number of nitrogens with one attached hydrogen (secondary N) is 1. The van der Waals surface area contributed by atoms with E-state index in [1.807, 2.05) is 32.2 Å². The second kappa shape index (κ2) is 6.69. The predicted octanol–water partition coefficient (Wildman–Crippen LogP) is 4.18. The van der Waals surface area contributed by atoms with Gasteiger partial charge in [-0.05, 0) is 53.2 Å². The van der Waals surface area contributed by atoms with Crippen LogP contribution >= 0.6 is 15.9 Å². The van der Waals surface area contributed by atoms with Crippen molar-refractivity contribution in [2.24, 2.45) is 0 Å². The maximum Gasteiger partial charge on any atom is 0.312 e. The molecule has 0 aliphatic rings.